The molecule has 0 bridgehead atoms. The molecule has 158 valence electrons. The van der Waals surface area contributed by atoms with Gasteiger partial charge < -0.3 is 20.3 Å². The molecular weight excluding hydrogens is 378 g/mol. The van der Waals surface area contributed by atoms with Crippen molar-refractivity contribution in [3.05, 3.63) is 53.0 Å². The lowest BCUT2D eigenvalue weighted by Crippen LogP contribution is -2.56. The number of carbonyl (C=O) groups excluding carboxylic acids is 1. The Labute approximate surface area is 177 Å². The van der Waals surface area contributed by atoms with Crippen LogP contribution in [0.2, 0.25) is 0 Å². The van der Waals surface area contributed by atoms with E-state index in [4.69, 9.17) is 9.72 Å². The third kappa shape index (κ3) is 3.91. The molecule has 4 heterocycles. The van der Waals surface area contributed by atoms with Gasteiger partial charge in [-0.05, 0) is 31.2 Å². The molecule has 3 aliphatic rings. The number of hydrogen-bond acceptors (Lipinski definition) is 6. The highest BCUT2D eigenvalue weighted by Crippen LogP contribution is 2.32. The number of ether oxygens (including phenoxy) is 1. The molecular formula is C23H29N5O2. The number of nitrogens with zero attached hydrogens (tertiary/aromatic N) is 3. The van der Waals surface area contributed by atoms with Gasteiger partial charge in [-0.2, -0.15) is 0 Å². The van der Waals surface area contributed by atoms with E-state index in [9.17, 15) is 4.79 Å². The van der Waals surface area contributed by atoms with E-state index in [0.29, 0.717) is 12.2 Å². The predicted molar refractivity (Wildman–Crippen MR) is 115 cm³/mol. The molecule has 2 N–H and O–H groups in total. The number of amides is 1. The summed E-state index contributed by atoms with van der Waals surface area (Å²) >= 11 is 0. The largest absolute Gasteiger partial charge is 0.372 e. The second-order valence-electron chi connectivity index (χ2n) is 8.48. The Morgan fingerprint density at radius 1 is 1.07 bits per heavy atom. The fourth-order valence-electron chi connectivity index (χ4n) is 4.75. The quantitative estimate of drug-likeness (QED) is 0.800. The van der Waals surface area contributed by atoms with Crippen molar-refractivity contribution in [1.82, 2.24) is 20.6 Å². The van der Waals surface area contributed by atoms with Gasteiger partial charge in [0.15, 0.2) is 0 Å². The molecule has 2 aromatic rings. The standard InChI is InChI=1S/C23H29N5O2/c29-22-20-18(8-11-25-22)21(27-19(26-20)7-6-17-4-2-1-3-5-17)28-13-9-23(10-14-28)16-24-12-15-30-23/h1-5,24H,6-16H2,(H,25,29). The van der Waals surface area contributed by atoms with Gasteiger partial charge in [-0.25, -0.2) is 9.97 Å². The number of morpholine rings is 1. The molecule has 2 fully saturated rings. The van der Waals surface area contributed by atoms with Crippen LogP contribution in [0.1, 0.15) is 40.3 Å². The van der Waals surface area contributed by atoms with Crippen LogP contribution in [0.25, 0.3) is 0 Å². The van der Waals surface area contributed by atoms with Gasteiger partial charge >= 0.3 is 0 Å². The molecule has 7 nitrogen and oxygen atoms in total. The average Bonchev–Trinajstić information content (AvgIpc) is 2.80. The number of aryl methyl sites for hydroxylation is 2. The summed E-state index contributed by atoms with van der Waals surface area (Å²) in [6.45, 7) is 5.08. The molecule has 1 aromatic heterocycles. The van der Waals surface area contributed by atoms with E-state index in [1.54, 1.807) is 0 Å². The smallest absolute Gasteiger partial charge is 0.270 e. The summed E-state index contributed by atoms with van der Waals surface area (Å²) in [6, 6.07) is 10.4. The van der Waals surface area contributed by atoms with Crippen molar-refractivity contribution >= 4 is 11.7 Å². The van der Waals surface area contributed by atoms with Crippen molar-refractivity contribution in [3.63, 3.8) is 0 Å². The van der Waals surface area contributed by atoms with Crippen molar-refractivity contribution in [2.75, 3.05) is 44.2 Å². The van der Waals surface area contributed by atoms with Crippen molar-refractivity contribution in [3.8, 4) is 0 Å². The molecule has 1 spiro atoms. The van der Waals surface area contributed by atoms with Crippen molar-refractivity contribution < 1.29 is 9.53 Å². The summed E-state index contributed by atoms with van der Waals surface area (Å²) in [7, 11) is 0. The normalized spacial score (nSPS) is 20.7. The second-order valence-corrected chi connectivity index (χ2v) is 8.48. The van der Waals surface area contributed by atoms with Gasteiger partial charge in [-0.1, -0.05) is 30.3 Å². The van der Waals surface area contributed by atoms with Crippen LogP contribution in [-0.4, -0.2) is 60.8 Å². The highest BCUT2D eigenvalue weighted by atomic mass is 16.5. The highest BCUT2D eigenvalue weighted by Gasteiger charge is 2.38. The third-order valence-corrected chi connectivity index (χ3v) is 6.50. The first-order valence-electron chi connectivity index (χ1n) is 11.0. The van der Waals surface area contributed by atoms with E-state index in [2.05, 4.69) is 32.7 Å². The van der Waals surface area contributed by atoms with Crippen LogP contribution in [0, 0.1) is 0 Å². The fraction of sp³-hybridized carbons (Fsp3) is 0.522. The fourth-order valence-corrected chi connectivity index (χ4v) is 4.75. The first kappa shape index (κ1) is 19.5. The molecule has 0 saturated carbocycles. The van der Waals surface area contributed by atoms with Crippen molar-refractivity contribution in [2.24, 2.45) is 0 Å². The number of rotatable bonds is 4. The van der Waals surface area contributed by atoms with Gasteiger partial charge in [0.25, 0.3) is 5.91 Å². The number of carbonyl (C=O) groups is 1. The Balaban J connectivity index is 1.39. The van der Waals surface area contributed by atoms with Crippen LogP contribution < -0.4 is 15.5 Å². The van der Waals surface area contributed by atoms with Gasteiger partial charge in [0, 0.05) is 44.7 Å². The molecule has 0 aliphatic carbocycles. The Kier molecular flexibility index (Phi) is 5.39. The summed E-state index contributed by atoms with van der Waals surface area (Å²) in [5.41, 5.74) is 2.77. The summed E-state index contributed by atoms with van der Waals surface area (Å²) in [5.74, 6) is 1.63. The SMILES string of the molecule is O=C1NCCc2c1nc(CCc1ccccc1)nc2N1CCC2(CC1)CNCCO2. The Bertz CT molecular complexity index is 901. The van der Waals surface area contributed by atoms with Gasteiger partial charge in [-0.3, -0.25) is 4.79 Å². The van der Waals surface area contributed by atoms with Gasteiger partial charge in [0.1, 0.15) is 17.3 Å². The number of benzene rings is 1. The van der Waals surface area contributed by atoms with Crippen LogP contribution >= 0.6 is 0 Å². The number of fused-ring (bicyclic) bond motifs is 1. The van der Waals surface area contributed by atoms with E-state index in [-0.39, 0.29) is 11.5 Å². The molecule has 7 heteroatoms. The molecule has 0 atom stereocenters. The molecule has 0 unspecified atom stereocenters. The minimum absolute atomic E-state index is 0.0463. The molecule has 3 aliphatic heterocycles. The predicted octanol–water partition coefficient (Wildman–Crippen LogP) is 1.51. The van der Waals surface area contributed by atoms with Crippen molar-refractivity contribution in [1.29, 1.82) is 0 Å². The van der Waals surface area contributed by atoms with Gasteiger partial charge in [-0.15, -0.1) is 0 Å². The number of piperidine rings is 1. The summed E-state index contributed by atoms with van der Waals surface area (Å²) in [6.07, 6.45) is 4.33. The van der Waals surface area contributed by atoms with Gasteiger partial charge in [0.05, 0.1) is 12.2 Å². The Morgan fingerprint density at radius 2 is 1.90 bits per heavy atom. The van der Waals surface area contributed by atoms with Crippen LogP contribution in [0.4, 0.5) is 5.82 Å². The minimum atomic E-state index is -0.0749. The van der Waals surface area contributed by atoms with E-state index < -0.39 is 0 Å². The molecule has 0 radical (unpaired) electrons. The van der Waals surface area contributed by atoms with Crippen LogP contribution in [0.3, 0.4) is 0 Å². The van der Waals surface area contributed by atoms with Crippen LogP contribution in [0.5, 0.6) is 0 Å². The lowest BCUT2D eigenvalue weighted by molar-refractivity contribution is -0.0800. The summed E-state index contributed by atoms with van der Waals surface area (Å²) in [5, 5.41) is 6.41. The first-order valence-corrected chi connectivity index (χ1v) is 11.0. The summed E-state index contributed by atoms with van der Waals surface area (Å²) < 4.78 is 6.15. The van der Waals surface area contributed by atoms with E-state index in [1.807, 2.05) is 18.2 Å². The second kappa shape index (κ2) is 8.32. The zero-order valence-electron chi connectivity index (χ0n) is 17.3. The monoisotopic (exact) mass is 407 g/mol. The molecule has 2 saturated heterocycles. The van der Waals surface area contributed by atoms with Crippen LogP contribution in [-0.2, 0) is 24.0 Å². The minimum Gasteiger partial charge on any atom is -0.372 e. The maximum Gasteiger partial charge on any atom is 0.270 e. The van der Waals surface area contributed by atoms with Gasteiger partial charge in [0.2, 0.25) is 0 Å². The molecule has 5 rings (SSSR count). The number of aromatic nitrogens is 2. The zero-order chi connectivity index (χ0) is 20.4. The molecule has 1 aromatic carbocycles. The summed E-state index contributed by atoms with van der Waals surface area (Å²) in [4.78, 5) is 24.5. The van der Waals surface area contributed by atoms with Crippen molar-refractivity contribution in [2.45, 2.75) is 37.7 Å². The topological polar surface area (TPSA) is 79.4 Å². The molecule has 30 heavy (non-hydrogen) atoms. The van der Waals surface area contributed by atoms with E-state index in [1.165, 1.54) is 5.56 Å². The Hall–Kier alpha value is -2.51. The number of anilines is 1. The third-order valence-electron chi connectivity index (χ3n) is 6.50. The maximum atomic E-state index is 12.5. The number of nitrogens with one attached hydrogen (secondary N) is 2. The molecule has 1 amide bonds. The van der Waals surface area contributed by atoms with E-state index >= 15 is 0 Å². The zero-order valence-corrected chi connectivity index (χ0v) is 17.3. The highest BCUT2D eigenvalue weighted by molar-refractivity contribution is 5.96. The average molecular weight is 408 g/mol. The van der Waals surface area contributed by atoms with E-state index in [0.717, 1.165) is 82.1 Å². The maximum absolute atomic E-state index is 12.5. The number of hydrogen-bond donors (Lipinski definition) is 2. The van der Waals surface area contributed by atoms with Crippen LogP contribution in [0.15, 0.2) is 30.3 Å². The Morgan fingerprint density at radius 3 is 2.67 bits per heavy atom. The lowest BCUT2D eigenvalue weighted by atomic mass is 9.89. The first-order chi connectivity index (χ1) is 14.7. The lowest BCUT2D eigenvalue weighted by Gasteiger charge is -2.44.